The lowest BCUT2D eigenvalue weighted by Crippen LogP contribution is -2.18. The number of hydrogen-bond acceptors (Lipinski definition) is 6. The zero-order chi connectivity index (χ0) is 28.1. The molecule has 0 saturated heterocycles. The van der Waals surface area contributed by atoms with Crippen molar-refractivity contribution in [3.05, 3.63) is 129 Å². The summed E-state index contributed by atoms with van der Waals surface area (Å²) in [5.41, 5.74) is 5.46. The number of halogens is 1. The zero-order valence-electron chi connectivity index (χ0n) is 21.2. The minimum Gasteiger partial charge on any atom is -0.422 e. The molecule has 9 heteroatoms. The predicted molar refractivity (Wildman–Crippen MR) is 159 cm³/mol. The average molecular weight is 568 g/mol. The van der Waals surface area contributed by atoms with E-state index in [0.29, 0.717) is 32.3 Å². The highest BCUT2D eigenvalue weighted by Gasteiger charge is 2.20. The van der Waals surface area contributed by atoms with E-state index in [4.69, 9.17) is 16.3 Å². The lowest BCUT2D eigenvalue weighted by molar-refractivity contribution is 0.0739. The van der Waals surface area contributed by atoms with Crippen molar-refractivity contribution >= 4 is 62.7 Å². The molecule has 5 rings (SSSR count). The third-order valence-electron chi connectivity index (χ3n) is 5.93. The van der Waals surface area contributed by atoms with Gasteiger partial charge in [-0.05, 0) is 61.5 Å². The molecule has 0 aliphatic heterocycles. The summed E-state index contributed by atoms with van der Waals surface area (Å²) >= 11 is 7.68. The van der Waals surface area contributed by atoms with Gasteiger partial charge in [0.25, 0.3) is 11.8 Å². The maximum atomic E-state index is 12.9. The van der Waals surface area contributed by atoms with Gasteiger partial charge in [-0.2, -0.15) is 5.10 Å². The number of hydrazone groups is 1. The summed E-state index contributed by atoms with van der Waals surface area (Å²) in [5.74, 6) is -0.992. The maximum absolute atomic E-state index is 12.9. The molecule has 0 aliphatic rings. The van der Waals surface area contributed by atoms with Crippen LogP contribution in [0.3, 0.4) is 0 Å². The zero-order valence-corrected chi connectivity index (χ0v) is 22.8. The Morgan fingerprint density at radius 3 is 2.23 bits per heavy atom. The summed E-state index contributed by atoms with van der Waals surface area (Å²) in [4.78, 5) is 38.2. The highest BCUT2D eigenvalue weighted by atomic mass is 35.5. The fraction of sp³-hybridized carbons (Fsp3) is 0.0323. The summed E-state index contributed by atoms with van der Waals surface area (Å²) in [6.45, 7) is 1.95. The number of fused-ring (bicyclic) bond motifs is 1. The molecule has 7 nitrogen and oxygen atoms in total. The number of carbonyl (C=O) groups excluding carboxylic acids is 3. The molecule has 0 saturated carbocycles. The topological polar surface area (TPSA) is 96.9 Å². The lowest BCUT2D eigenvalue weighted by Gasteiger charge is -2.07. The highest BCUT2D eigenvalue weighted by Crippen LogP contribution is 2.36. The molecule has 4 aromatic carbocycles. The van der Waals surface area contributed by atoms with Crippen molar-refractivity contribution in [3.63, 3.8) is 0 Å². The quantitative estimate of drug-likeness (QED) is 0.0948. The first-order chi connectivity index (χ1) is 19.4. The first kappa shape index (κ1) is 26.8. The number of nitrogens with one attached hydrogen (secondary N) is 2. The standard InChI is InChI=1S/C31H22ClN3O4S/c1-19-10-12-20(13-11-19)29(36)34-23-16-14-21(15-17-23)30(37)35-33-18-22-6-2-4-8-25(22)39-31(38)28-27(32)24-7-3-5-9-26(24)40-28/h2-18H,1H3,(H,34,36)(H,35,37)/b33-18-. The monoisotopic (exact) mass is 567 g/mol. The Kier molecular flexibility index (Phi) is 8.00. The van der Waals surface area contributed by atoms with Gasteiger partial charge in [-0.1, -0.05) is 59.6 Å². The molecule has 0 aliphatic carbocycles. The van der Waals surface area contributed by atoms with E-state index >= 15 is 0 Å². The molecule has 198 valence electrons. The number of para-hydroxylation sites is 1. The number of carbonyl (C=O) groups is 3. The number of ether oxygens (including phenoxy) is 1. The first-order valence-corrected chi connectivity index (χ1v) is 13.4. The van der Waals surface area contributed by atoms with Crippen molar-refractivity contribution in [3.8, 4) is 5.75 Å². The van der Waals surface area contributed by atoms with Crippen LogP contribution in [0.1, 0.15) is 41.5 Å². The van der Waals surface area contributed by atoms with Gasteiger partial charge in [0.2, 0.25) is 0 Å². The summed E-state index contributed by atoms with van der Waals surface area (Å²) in [6, 6.07) is 28.0. The Hall–Kier alpha value is -4.79. The molecule has 0 bridgehead atoms. The number of esters is 1. The van der Waals surface area contributed by atoms with E-state index < -0.39 is 11.9 Å². The number of rotatable bonds is 7. The van der Waals surface area contributed by atoms with Gasteiger partial charge in [-0.3, -0.25) is 9.59 Å². The Morgan fingerprint density at radius 2 is 1.48 bits per heavy atom. The Balaban J connectivity index is 1.21. The maximum Gasteiger partial charge on any atom is 0.355 e. The molecular weight excluding hydrogens is 546 g/mol. The molecular formula is C31H22ClN3O4S. The van der Waals surface area contributed by atoms with Crippen molar-refractivity contribution in [2.24, 2.45) is 5.10 Å². The number of benzene rings is 4. The fourth-order valence-electron chi connectivity index (χ4n) is 3.81. The highest BCUT2D eigenvalue weighted by molar-refractivity contribution is 7.21. The molecule has 0 spiro atoms. The number of hydrogen-bond donors (Lipinski definition) is 2. The molecule has 0 unspecified atom stereocenters. The second-order valence-corrected chi connectivity index (χ2v) is 10.2. The van der Waals surface area contributed by atoms with Crippen molar-refractivity contribution in [2.45, 2.75) is 6.92 Å². The van der Waals surface area contributed by atoms with Crippen molar-refractivity contribution in [1.29, 1.82) is 0 Å². The molecule has 0 radical (unpaired) electrons. The van der Waals surface area contributed by atoms with Crippen LogP contribution in [-0.4, -0.2) is 24.0 Å². The fourth-order valence-corrected chi connectivity index (χ4v) is 5.19. The van der Waals surface area contributed by atoms with Crippen molar-refractivity contribution < 1.29 is 19.1 Å². The van der Waals surface area contributed by atoms with E-state index in [1.54, 1.807) is 60.7 Å². The first-order valence-electron chi connectivity index (χ1n) is 12.2. The van der Waals surface area contributed by atoms with Crippen LogP contribution in [0.2, 0.25) is 5.02 Å². The molecule has 1 aromatic heterocycles. The van der Waals surface area contributed by atoms with Gasteiger partial charge in [0.15, 0.2) is 0 Å². The Labute approximate surface area is 239 Å². The molecule has 1 heterocycles. The smallest absolute Gasteiger partial charge is 0.355 e. The van der Waals surface area contributed by atoms with E-state index in [1.807, 2.05) is 43.3 Å². The van der Waals surface area contributed by atoms with E-state index in [2.05, 4.69) is 15.8 Å². The van der Waals surface area contributed by atoms with Crippen LogP contribution >= 0.6 is 22.9 Å². The van der Waals surface area contributed by atoms with Gasteiger partial charge in [-0.15, -0.1) is 11.3 Å². The van der Waals surface area contributed by atoms with Gasteiger partial charge >= 0.3 is 5.97 Å². The average Bonchev–Trinajstić information content (AvgIpc) is 3.31. The summed E-state index contributed by atoms with van der Waals surface area (Å²) in [6.07, 6.45) is 1.39. The minimum absolute atomic E-state index is 0.240. The SMILES string of the molecule is Cc1ccc(C(=O)Nc2ccc(C(=O)N/N=C\c3ccccc3OC(=O)c3sc4ccccc4c3Cl)cc2)cc1. The molecule has 5 aromatic rings. The number of anilines is 1. The summed E-state index contributed by atoms with van der Waals surface area (Å²) in [5, 5.41) is 7.97. The number of thiophene rings is 1. The normalized spacial score (nSPS) is 10.9. The van der Waals surface area contributed by atoms with Crippen LogP contribution in [0.25, 0.3) is 10.1 Å². The number of amides is 2. The molecule has 2 N–H and O–H groups in total. The van der Waals surface area contributed by atoms with Crippen LogP contribution in [0.5, 0.6) is 5.75 Å². The van der Waals surface area contributed by atoms with E-state index in [-0.39, 0.29) is 11.7 Å². The molecule has 0 fully saturated rings. The van der Waals surface area contributed by atoms with Crippen LogP contribution in [0.15, 0.2) is 102 Å². The van der Waals surface area contributed by atoms with Gasteiger partial charge in [-0.25, -0.2) is 10.2 Å². The Bertz CT molecular complexity index is 1750. The van der Waals surface area contributed by atoms with Crippen LogP contribution in [-0.2, 0) is 0 Å². The molecule has 40 heavy (non-hydrogen) atoms. The predicted octanol–water partition coefficient (Wildman–Crippen LogP) is 7.10. The minimum atomic E-state index is -0.578. The lowest BCUT2D eigenvalue weighted by atomic mass is 10.1. The van der Waals surface area contributed by atoms with Crippen LogP contribution in [0, 0.1) is 6.92 Å². The van der Waals surface area contributed by atoms with Gasteiger partial charge < -0.3 is 10.1 Å². The van der Waals surface area contributed by atoms with Crippen molar-refractivity contribution in [1.82, 2.24) is 5.43 Å². The van der Waals surface area contributed by atoms with Gasteiger partial charge in [0.1, 0.15) is 10.6 Å². The van der Waals surface area contributed by atoms with E-state index in [0.717, 1.165) is 15.6 Å². The second kappa shape index (κ2) is 11.9. The largest absolute Gasteiger partial charge is 0.422 e. The summed E-state index contributed by atoms with van der Waals surface area (Å²) in [7, 11) is 0. The number of nitrogens with zero attached hydrogens (tertiary/aromatic N) is 1. The van der Waals surface area contributed by atoms with Crippen LogP contribution in [0.4, 0.5) is 5.69 Å². The van der Waals surface area contributed by atoms with E-state index in [9.17, 15) is 14.4 Å². The Morgan fingerprint density at radius 1 is 0.825 bits per heavy atom. The molecule has 2 amide bonds. The second-order valence-electron chi connectivity index (χ2n) is 8.77. The van der Waals surface area contributed by atoms with Gasteiger partial charge in [0.05, 0.1) is 11.2 Å². The van der Waals surface area contributed by atoms with Crippen LogP contribution < -0.4 is 15.5 Å². The number of aryl methyl sites for hydroxylation is 1. The molecule has 0 atom stereocenters. The van der Waals surface area contributed by atoms with Gasteiger partial charge in [0, 0.05) is 32.5 Å². The third-order valence-corrected chi connectivity index (χ3v) is 7.59. The third kappa shape index (κ3) is 6.09. The summed E-state index contributed by atoms with van der Waals surface area (Å²) < 4.78 is 6.50. The van der Waals surface area contributed by atoms with Crippen molar-refractivity contribution in [2.75, 3.05) is 5.32 Å². The van der Waals surface area contributed by atoms with E-state index in [1.165, 1.54) is 17.6 Å².